The summed E-state index contributed by atoms with van der Waals surface area (Å²) in [6, 6.07) is 8.79. The van der Waals surface area contributed by atoms with E-state index in [9.17, 15) is 0 Å². The molecule has 1 rings (SSSR count). The highest BCUT2D eigenvalue weighted by Gasteiger charge is 2.00. The molecule has 12 heavy (non-hydrogen) atoms. The molecule has 1 heteroatoms. The fraction of sp³-hybridized carbons (Fsp3) is 0.455. The monoisotopic (exact) mass is 226 g/mol. The van der Waals surface area contributed by atoms with E-state index in [2.05, 4.69) is 54.0 Å². The van der Waals surface area contributed by atoms with Crippen LogP contribution in [0.2, 0.25) is 0 Å². The van der Waals surface area contributed by atoms with E-state index in [0.717, 1.165) is 11.2 Å². The minimum absolute atomic E-state index is 0.729. The lowest BCUT2D eigenvalue weighted by Gasteiger charge is -2.06. The summed E-state index contributed by atoms with van der Waals surface area (Å²) < 4.78 is 0. The first-order valence-corrected chi connectivity index (χ1v) is 5.46. The second kappa shape index (κ2) is 4.66. The molecule has 1 aromatic rings. The number of hydrogen-bond donors (Lipinski definition) is 0. The third-order valence-electron chi connectivity index (χ3n) is 1.97. The molecule has 1 atom stereocenters. The molecule has 0 spiro atoms. The molecular weight excluding hydrogens is 212 g/mol. The lowest BCUT2D eigenvalue weighted by molar-refractivity contribution is 0.663. The fourth-order valence-corrected chi connectivity index (χ4v) is 1.41. The van der Waals surface area contributed by atoms with Gasteiger partial charge in [-0.3, -0.25) is 0 Å². The van der Waals surface area contributed by atoms with Crippen molar-refractivity contribution in [2.45, 2.75) is 20.3 Å². The van der Waals surface area contributed by atoms with Crippen molar-refractivity contribution < 1.29 is 0 Å². The van der Waals surface area contributed by atoms with Crippen LogP contribution in [0.4, 0.5) is 0 Å². The Kier molecular flexibility index (Phi) is 3.80. The van der Waals surface area contributed by atoms with Crippen molar-refractivity contribution in [1.82, 2.24) is 0 Å². The molecule has 0 aromatic heterocycles. The number of benzene rings is 1. The van der Waals surface area contributed by atoms with E-state index < -0.39 is 0 Å². The summed E-state index contributed by atoms with van der Waals surface area (Å²) in [7, 11) is 0. The maximum Gasteiger partial charge on any atom is 0.00602 e. The Balaban J connectivity index is 2.58. The molecule has 0 bridgehead atoms. The molecule has 0 aliphatic carbocycles. The zero-order valence-corrected chi connectivity index (χ0v) is 9.26. The maximum atomic E-state index is 3.49. The predicted octanol–water partition coefficient (Wildman–Crippen LogP) is 3.57. The standard InChI is InChI=1S/C11H15Br/c1-9-3-5-11(6-4-9)7-10(2)8-12/h3-6,10H,7-8H2,1-2H3. The largest absolute Gasteiger partial charge is 0.0925 e. The number of halogens is 1. The highest BCUT2D eigenvalue weighted by atomic mass is 79.9. The molecule has 0 nitrogen and oxygen atoms in total. The zero-order chi connectivity index (χ0) is 8.97. The van der Waals surface area contributed by atoms with Crippen LogP contribution in [-0.4, -0.2) is 5.33 Å². The highest BCUT2D eigenvalue weighted by molar-refractivity contribution is 9.09. The molecule has 0 aliphatic rings. The van der Waals surface area contributed by atoms with Gasteiger partial charge in [0.05, 0.1) is 0 Å². The van der Waals surface area contributed by atoms with Crippen molar-refractivity contribution in [2.75, 3.05) is 5.33 Å². The Bertz CT molecular complexity index is 225. The Morgan fingerprint density at radius 1 is 1.25 bits per heavy atom. The summed E-state index contributed by atoms with van der Waals surface area (Å²) in [4.78, 5) is 0. The van der Waals surface area contributed by atoms with Gasteiger partial charge in [0.25, 0.3) is 0 Å². The lowest BCUT2D eigenvalue weighted by Crippen LogP contribution is -2.00. The van der Waals surface area contributed by atoms with Gasteiger partial charge in [-0.15, -0.1) is 0 Å². The van der Waals surface area contributed by atoms with Crippen LogP contribution in [0.3, 0.4) is 0 Å². The third kappa shape index (κ3) is 2.98. The average molecular weight is 227 g/mol. The van der Waals surface area contributed by atoms with Crippen LogP contribution in [0, 0.1) is 12.8 Å². The van der Waals surface area contributed by atoms with Crippen molar-refractivity contribution in [3.8, 4) is 0 Å². The quantitative estimate of drug-likeness (QED) is 0.692. The number of rotatable bonds is 3. The van der Waals surface area contributed by atoms with Gasteiger partial charge in [0.1, 0.15) is 0 Å². The van der Waals surface area contributed by atoms with Crippen molar-refractivity contribution in [1.29, 1.82) is 0 Å². The van der Waals surface area contributed by atoms with Crippen LogP contribution in [0.1, 0.15) is 18.1 Å². The third-order valence-corrected chi connectivity index (χ3v) is 3.07. The first-order valence-electron chi connectivity index (χ1n) is 4.34. The molecular formula is C11H15Br. The van der Waals surface area contributed by atoms with Crippen LogP contribution in [0.25, 0.3) is 0 Å². The molecule has 0 heterocycles. The van der Waals surface area contributed by atoms with Gasteiger partial charge in [0.15, 0.2) is 0 Å². The summed E-state index contributed by atoms with van der Waals surface area (Å²) in [5, 5.41) is 1.08. The predicted molar refractivity (Wildman–Crippen MR) is 57.8 cm³/mol. The first-order chi connectivity index (χ1) is 5.72. The fourth-order valence-electron chi connectivity index (χ4n) is 1.18. The molecule has 0 N–H and O–H groups in total. The summed E-state index contributed by atoms with van der Waals surface area (Å²) in [5.74, 6) is 0.729. The molecule has 0 saturated carbocycles. The summed E-state index contributed by atoms with van der Waals surface area (Å²) >= 11 is 3.49. The second-order valence-electron chi connectivity index (χ2n) is 3.45. The first kappa shape index (κ1) is 9.79. The normalized spacial score (nSPS) is 12.9. The molecule has 1 aromatic carbocycles. The van der Waals surface area contributed by atoms with Crippen LogP contribution < -0.4 is 0 Å². The van der Waals surface area contributed by atoms with Crippen LogP contribution in [0.15, 0.2) is 24.3 Å². The minimum atomic E-state index is 0.729. The average Bonchev–Trinajstić information content (AvgIpc) is 2.09. The van der Waals surface area contributed by atoms with Crippen LogP contribution >= 0.6 is 15.9 Å². The molecule has 0 fully saturated rings. The highest BCUT2D eigenvalue weighted by Crippen LogP contribution is 2.11. The van der Waals surface area contributed by atoms with Gasteiger partial charge in [0, 0.05) is 5.33 Å². The van der Waals surface area contributed by atoms with Gasteiger partial charge >= 0.3 is 0 Å². The van der Waals surface area contributed by atoms with E-state index in [0.29, 0.717) is 0 Å². The van der Waals surface area contributed by atoms with Crippen molar-refractivity contribution in [3.63, 3.8) is 0 Å². The summed E-state index contributed by atoms with van der Waals surface area (Å²) in [6.07, 6.45) is 1.17. The minimum Gasteiger partial charge on any atom is -0.0925 e. The Morgan fingerprint density at radius 2 is 1.83 bits per heavy atom. The SMILES string of the molecule is Cc1ccc(CC(C)CBr)cc1. The van der Waals surface area contributed by atoms with Gasteiger partial charge in [0.2, 0.25) is 0 Å². The number of hydrogen-bond acceptors (Lipinski definition) is 0. The van der Waals surface area contributed by atoms with Gasteiger partial charge in [-0.2, -0.15) is 0 Å². The van der Waals surface area contributed by atoms with E-state index >= 15 is 0 Å². The molecule has 1 unspecified atom stereocenters. The van der Waals surface area contributed by atoms with Crippen molar-refractivity contribution in [3.05, 3.63) is 35.4 Å². The summed E-state index contributed by atoms with van der Waals surface area (Å²) in [6.45, 7) is 4.38. The van der Waals surface area contributed by atoms with Gasteiger partial charge in [-0.1, -0.05) is 52.7 Å². The van der Waals surface area contributed by atoms with Crippen molar-refractivity contribution >= 4 is 15.9 Å². The molecule has 66 valence electrons. The summed E-state index contributed by atoms with van der Waals surface area (Å²) in [5.41, 5.74) is 2.78. The molecule has 0 aliphatic heterocycles. The number of aryl methyl sites for hydroxylation is 1. The van der Waals surface area contributed by atoms with Crippen LogP contribution in [-0.2, 0) is 6.42 Å². The Labute approximate surface area is 83.1 Å². The molecule has 0 amide bonds. The zero-order valence-electron chi connectivity index (χ0n) is 7.68. The topological polar surface area (TPSA) is 0 Å². The van der Waals surface area contributed by atoms with E-state index in [1.54, 1.807) is 0 Å². The van der Waals surface area contributed by atoms with E-state index in [-0.39, 0.29) is 0 Å². The second-order valence-corrected chi connectivity index (χ2v) is 4.10. The number of alkyl halides is 1. The lowest BCUT2D eigenvalue weighted by atomic mass is 10.0. The van der Waals surface area contributed by atoms with Gasteiger partial charge in [-0.25, -0.2) is 0 Å². The van der Waals surface area contributed by atoms with E-state index in [1.165, 1.54) is 17.5 Å². The van der Waals surface area contributed by atoms with Crippen LogP contribution in [0.5, 0.6) is 0 Å². The molecule has 0 radical (unpaired) electrons. The Morgan fingerprint density at radius 3 is 2.33 bits per heavy atom. The van der Waals surface area contributed by atoms with E-state index in [1.807, 2.05) is 0 Å². The Hall–Kier alpha value is -0.300. The smallest absolute Gasteiger partial charge is 0.00602 e. The van der Waals surface area contributed by atoms with Crippen molar-refractivity contribution in [2.24, 2.45) is 5.92 Å². The van der Waals surface area contributed by atoms with Gasteiger partial charge in [-0.05, 0) is 24.8 Å². The molecule has 0 saturated heterocycles. The van der Waals surface area contributed by atoms with Gasteiger partial charge < -0.3 is 0 Å². The maximum absolute atomic E-state index is 3.49. The van der Waals surface area contributed by atoms with E-state index in [4.69, 9.17) is 0 Å².